The molecule has 11 heteroatoms. The Labute approximate surface area is 246 Å². The second-order valence-corrected chi connectivity index (χ2v) is 18.0. The molecule has 0 aromatic carbocycles. The lowest BCUT2D eigenvalue weighted by atomic mass is 9.27. The van der Waals surface area contributed by atoms with E-state index in [1.165, 1.54) is 0 Å². The van der Waals surface area contributed by atoms with Gasteiger partial charge in [-0.3, -0.25) is 4.79 Å². The van der Waals surface area contributed by atoms with Crippen LogP contribution in [0, 0.1) is 81.8 Å². The molecule has 4 spiro atoms. The van der Waals surface area contributed by atoms with Crippen LogP contribution in [0.3, 0.4) is 0 Å². The van der Waals surface area contributed by atoms with Gasteiger partial charge in [0, 0.05) is 23.7 Å². The van der Waals surface area contributed by atoms with Gasteiger partial charge in [-0.15, -0.1) is 0 Å². The molecule has 0 aromatic heterocycles. The quantitative estimate of drug-likeness (QED) is 0.401. The highest BCUT2D eigenvalue weighted by molar-refractivity contribution is 9.10. The fourth-order valence-corrected chi connectivity index (χ4v) is 20.2. The maximum absolute atomic E-state index is 16.2. The molecule has 0 unspecified atom stereocenters. The van der Waals surface area contributed by atoms with Crippen molar-refractivity contribution in [3.63, 3.8) is 0 Å². The molecule has 8 bridgehead atoms. The van der Waals surface area contributed by atoms with Gasteiger partial charge in [0.15, 0.2) is 28.9 Å². The molecular weight excluding hydrogens is 652 g/mol. The van der Waals surface area contributed by atoms with E-state index in [4.69, 9.17) is 37.9 Å². The number of alkyl halides is 2. The molecule has 9 nitrogen and oxygen atoms in total. The molecule has 0 amide bonds. The first-order valence-corrected chi connectivity index (χ1v) is 17.1. The molecule has 4 saturated heterocycles. The minimum Gasteiger partial charge on any atom is -0.346 e. The Hall–Kier alpha value is 0.310. The van der Waals surface area contributed by atoms with Gasteiger partial charge in [-0.25, -0.2) is 0 Å². The van der Waals surface area contributed by atoms with Crippen LogP contribution in [0.15, 0.2) is 0 Å². The van der Waals surface area contributed by atoms with Crippen LogP contribution < -0.4 is 0 Å². The lowest BCUT2D eigenvalue weighted by Gasteiger charge is -2.76. The normalized spacial score (nSPS) is 71.5. The lowest BCUT2D eigenvalue weighted by molar-refractivity contribution is -0.321. The summed E-state index contributed by atoms with van der Waals surface area (Å²) >= 11 is 8.50. The Morgan fingerprint density at radius 3 is 1.00 bits per heavy atom. The molecule has 16 fully saturated rings. The van der Waals surface area contributed by atoms with Gasteiger partial charge in [0.1, 0.15) is 0 Å². The fraction of sp³-hybridized carbons (Fsp3) is 0.966. The molecule has 16 rings (SSSR count). The summed E-state index contributed by atoms with van der Waals surface area (Å²) in [5, 5.41) is 0. The maximum atomic E-state index is 16.2. The van der Waals surface area contributed by atoms with Crippen LogP contribution in [0.5, 0.6) is 0 Å². The zero-order valence-electron chi connectivity index (χ0n) is 21.5. The van der Waals surface area contributed by atoms with Crippen molar-refractivity contribution in [1.82, 2.24) is 0 Å². The van der Waals surface area contributed by atoms with Crippen LogP contribution in [-0.2, 0) is 42.7 Å². The zero-order valence-corrected chi connectivity index (χ0v) is 24.7. The standard InChI is InChI=1S/C29H28Br2O9/c30-24-13-9-15(24)19-17(28(24)37-5-6-38-28)11(13)22(9,26(19)33-1-2-34-26)21(32)23-10-14-12(23)18-20(27(23)35-3-4-36-27)16(10)25(14,31)29(18)39-7-8-40-29/h9-20H,1-8H2/t9-,10-,11-,12-,13-,14+,15-,16-,17-,18-,19+,20+,22-,23-,24-,25-/m0/s1. The van der Waals surface area contributed by atoms with E-state index in [0.717, 1.165) is 0 Å². The molecule has 0 N–H and O–H groups in total. The van der Waals surface area contributed by atoms with Crippen molar-refractivity contribution < 1.29 is 42.7 Å². The van der Waals surface area contributed by atoms with Crippen molar-refractivity contribution in [1.29, 1.82) is 0 Å². The third-order valence-corrected chi connectivity index (χ3v) is 19.5. The average Bonchev–Trinajstić information content (AvgIpc) is 3.80. The van der Waals surface area contributed by atoms with Gasteiger partial charge in [0.2, 0.25) is 0 Å². The summed E-state index contributed by atoms with van der Waals surface area (Å²) < 4.78 is 52.9. The topological polar surface area (TPSA) is 90.9 Å². The highest BCUT2D eigenvalue weighted by Gasteiger charge is 3.15. The number of ketones is 1. The first-order chi connectivity index (χ1) is 19.4. The van der Waals surface area contributed by atoms with Crippen molar-refractivity contribution in [2.24, 2.45) is 81.8 Å². The Bertz CT molecular complexity index is 1330. The van der Waals surface area contributed by atoms with Crippen LogP contribution in [0.2, 0.25) is 0 Å². The predicted molar refractivity (Wildman–Crippen MR) is 134 cm³/mol. The molecule has 12 saturated carbocycles. The number of carbonyl (C=O) groups excluding carboxylic acids is 1. The van der Waals surface area contributed by atoms with Crippen LogP contribution in [-0.4, -0.2) is 90.4 Å². The number of ether oxygens (including phenoxy) is 8. The van der Waals surface area contributed by atoms with Gasteiger partial charge in [-0.05, 0) is 47.3 Å². The molecule has 40 heavy (non-hydrogen) atoms. The van der Waals surface area contributed by atoms with Crippen molar-refractivity contribution in [2.75, 3.05) is 52.9 Å². The Morgan fingerprint density at radius 1 is 0.400 bits per heavy atom. The van der Waals surface area contributed by atoms with E-state index in [9.17, 15) is 0 Å². The van der Waals surface area contributed by atoms with E-state index in [2.05, 4.69) is 31.9 Å². The van der Waals surface area contributed by atoms with E-state index < -0.39 is 34.0 Å². The smallest absolute Gasteiger partial charge is 0.188 e. The van der Waals surface area contributed by atoms with Gasteiger partial charge < -0.3 is 37.9 Å². The van der Waals surface area contributed by atoms with Crippen molar-refractivity contribution in [2.45, 2.75) is 31.8 Å². The van der Waals surface area contributed by atoms with Crippen LogP contribution >= 0.6 is 31.9 Å². The minimum absolute atomic E-state index is 0.0997. The number of halogens is 2. The highest BCUT2D eigenvalue weighted by Crippen LogP contribution is 3.06. The predicted octanol–water partition coefficient (Wildman–Crippen LogP) is 1.30. The number of hydrogen-bond donors (Lipinski definition) is 0. The lowest BCUT2D eigenvalue weighted by Crippen LogP contribution is -2.84. The fourth-order valence-electron chi connectivity index (χ4n) is 16.9. The molecule has 0 aromatic rings. The monoisotopic (exact) mass is 678 g/mol. The van der Waals surface area contributed by atoms with E-state index in [1.807, 2.05) is 0 Å². The summed E-state index contributed by atoms with van der Waals surface area (Å²) in [6, 6.07) is 0. The van der Waals surface area contributed by atoms with Gasteiger partial charge in [-0.2, -0.15) is 0 Å². The van der Waals surface area contributed by atoms with Crippen LogP contribution in [0.4, 0.5) is 0 Å². The molecule has 0 radical (unpaired) electrons. The number of rotatable bonds is 2. The minimum atomic E-state index is -0.904. The highest BCUT2D eigenvalue weighted by atomic mass is 79.9. The summed E-state index contributed by atoms with van der Waals surface area (Å²) in [4.78, 5) is 16.2. The van der Waals surface area contributed by atoms with Crippen molar-refractivity contribution in [3.8, 4) is 0 Å². The van der Waals surface area contributed by atoms with E-state index in [-0.39, 0.29) is 67.8 Å². The largest absolute Gasteiger partial charge is 0.346 e. The zero-order chi connectivity index (χ0) is 25.8. The third kappa shape index (κ3) is 1.28. The van der Waals surface area contributed by atoms with Gasteiger partial charge in [0.05, 0.1) is 72.3 Å². The van der Waals surface area contributed by atoms with E-state index >= 15 is 4.79 Å². The molecule has 4 aliphatic heterocycles. The van der Waals surface area contributed by atoms with Crippen molar-refractivity contribution >= 4 is 37.6 Å². The summed E-state index contributed by atoms with van der Waals surface area (Å²) in [6.07, 6.45) is 0. The summed E-state index contributed by atoms with van der Waals surface area (Å²) in [5.74, 6) is -0.551. The number of carbonyl (C=O) groups is 1. The van der Waals surface area contributed by atoms with Gasteiger partial charge in [0.25, 0.3) is 0 Å². The summed E-state index contributed by atoms with van der Waals surface area (Å²) in [6.45, 7) is 4.53. The first kappa shape index (κ1) is 21.9. The Balaban J connectivity index is 1.02. The maximum Gasteiger partial charge on any atom is 0.188 e. The Kier molecular flexibility index (Phi) is 2.96. The van der Waals surface area contributed by atoms with E-state index in [1.54, 1.807) is 0 Å². The van der Waals surface area contributed by atoms with Gasteiger partial charge in [-0.1, -0.05) is 31.9 Å². The molecule has 16 aliphatic rings. The van der Waals surface area contributed by atoms with Gasteiger partial charge >= 0.3 is 0 Å². The molecule has 16 atom stereocenters. The van der Waals surface area contributed by atoms with E-state index in [0.29, 0.717) is 70.5 Å². The third-order valence-electron chi connectivity index (χ3n) is 16.3. The molecular formula is C29H28Br2O9. The second kappa shape index (κ2) is 5.41. The van der Waals surface area contributed by atoms with Crippen LogP contribution in [0.25, 0.3) is 0 Å². The first-order valence-electron chi connectivity index (χ1n) is 15.5. The SMILES string of the molecule is O=C([C@]12[C@@H]3[C@H]4[C@H]([C@@H]5[C@@H]1[C@@H]3[C@@]4(Br)C51OCCO1)C21OCCO1)[C@]12[C@@H]3[C@H]4[C@H]([C@@H]5[C@@H]1[C@H]3[C@@]4(Br)C51OCCO1)C21OCCO1. The average molecular weight is 680 g/mol. The molecule has 12 aliphatic carbocycles. The second-order valence-electron chi connectivity index (χ2n) is 15.4. The Morgan fingerprint density at radius 2 is 0.650 bits per heavy atom. The summed E-state index contributed by atoms with van der Waals surface area (Å²) in [7, 11) is 0. The molecule has 212 valence electrons. The summed E-state index contributed by atoms with van der Waals surface area (Å²) in [5.41, 5.74) is -1.41. The molecule has 4 heterocycles. The van der Waals surface area contributed by atoms with Crippen LogP contribution in [0.1, 0.15) is 0 Å². The number of hydrogen-bond acceptors (Lipinski definition) is 9. The van der Waals surface area contributed by atoms with Crippen molar-refractivity contribution in [3.05, 3.63) is 0 Å². The number of Topliss-reactive ketones (excluding diaryl/α,β-unsaturated/α-hetero) is 1.